The molecule has 198 valence electrons. The molecule has 2 heterocycles. The summed E-state index contributed by atoms with van der Waals surface area (Å²) in [5.41, 5.74) is -0.757. The zero-order valence-electron chi connectivity index (χ0n) is 20.9. The molecule has 0 atom stereocenters. The van der Waals surface area contributed by atoms with E-state index in [2.05, 4.69) is 32.4 Å². The number of benzene rings is 2. The molecule has 0 radical (unpaired) electrons. The molecule has 1 aliphatic heterocycles. The summed E-state index contributed by atoms with van der Waals surface area (Å²) in [4.78, 5) is 21.3. The lowest BCUT2D eigenvalue weighted by molar-refractivity contribution is -0.137. The van der Waals surface area contributed by atoms with Gasteiger partial charge in [0, 0.05) is 23.2 Å². The highest BCUT2D eigenvalue weighted by molar-refractivity contribution is 6.04. The van der Waals surface area contributed by atoms with Crippen LogP contribution in [0.1, 0.15) is 47.3 Å². The van der Waals surface area contributed by atoms with E-state index in [0.717, 1.165) is 6.07 Å². The number of aliphatic hydroxyl groups is 1. The molecule has 0 saturated heterocycles. The van der Waals surface area contributed by atoms with Crippen molar-refractivity contribution in [3.05, 3.63) is 65.0 Å². The summed E-state index contributed by atoms with van der Waals surface area (Å²) in [6, 6.07) is 8.00. The molecule has 38 heavy (non-hydrogen) atoms. The molecule has 3 N–H and O–H groups in total. The Hall–Kier alpha value is -4.30. The maximum Gasteiger partial charge on any atom is 0.417 e. The second kappa shape index (κ2) is 10.6. The number of aryl methyl sites for hydroxylation is 1. The van der Waals surface area contributed by atoms with Crippen LogP contribution < -0.4 is 20.1 Å². The molecule has 1 aromatic heterocycles. The number of nitrogens with one attached hydrogen (secondary N) is 2. The van der Waals surface area contributed by atoms with Crippen molar-refractivity contribution in [3.63, 3.8) is 0 Å². The summed E-state index contributed by atoms with van der Waals surface area (Å²) < 4.78 is 52.6. The van der Waals surface area contributed by atoms with E-state index in [0.29, 0.717) is 29.5 Å². The van der Waals surface area contributed by atoms with Crippen molar-refractivity contribution in [2.45, 2.75) is 38.9 Å². The smallest absolute Gasteiger partial charge is 0.417 e. The summed E-state index contributed by atoms with van der Waals surface area (Å²) >= 11 is 0. The zero-order chi connectivity index (χ0) is 27.5. The predicted octanol–water partition coefficient (Wildman–Crippen LogP) is 5.17. The third kappa shape index (κ3) is 6.15. The minimum Gasteiger partial charge on any atom is -0.483 e. The Balaban J connectivity index is 1.57. The molecule has 0 saturated carbocycles. The first-order valence-electron chi connectivity index (χ1n) is 11.6. The lowest BCUT2D eigenvalue weighted by Gasteiger charge is -2.32. The predicted molar refractivity (Wildman–Crippen MR) is 134 cm³/mol. The fourth-order valence-electron chi connectivity index (χ4n) is 3.60. The number of alkyl halides is 3. The molecule has 1 aliphatic rings. The van der Waals surface area contributed by atoms with Gasteiger partial charge in [-0.1, -0.05) is 17.9 Å². The highest BCUT2D eigenvalue weighted by Crippen LogP contribution is 2.40. The molecule has 3 aromatic rings. The van der Waals surface area contributed by atoms with Crippen molar-refractivity contribution >= 4 is 17.4 Å². The van der Waals surface area contributed by atoms with Crippen LogP contribution in [0, 0.1) is 18.8 Å². The van der Waals surface area contributed by atoms with Gasteiger partial charge in [-0.3, -0.25) is 4.79 Å². The number of fused-ring (bicyclic) bond motifs is 1. The number of anilines is 2. The van der Waals surface area contributed by atoms with Gasteiger partial charge in [0.1, 0.15) is 18.7 Å². The van der Waals surface area contributed by atoms with Gasteiger partial charge in [0.25, 0.3) is 11.8 Å². The van der Waals surface area contributed by atoms with Crippen LogP contribution in [-0.4, -0.2) is 39.7 Å². The van der Waals surface area contributed by atoms with E-state index < -0.39 is 17.6 Å². The topological polar surface area (TPSA) is 106 Å². The first-order chi connectivity index (χ1) is 18.0. The highest BCUT2D eigenvalue weighted by Gasteiger charge is 2.34. The Morgan fingerprint density at radius 1 is 1.24 bits per heavy atom. The number of hydrogen-bond acceptors (Lipinski definition) is 7. The van der Waals surface area contributed by atoms with Gasteiger partial charge < -0.3 is 25.2 Å². The third-order valence-corrected chi connectivity index (χ3v) is 5.50. The van der Waals surface area contributed by atoms with Crippen LogP contribution in [0.4, 0.5) is 24.7 Å². The van der Waals surface area contributed by atoms with E-state index in [1.807, 2.05) is 13.8 Å². The molecule has 8 nitrogen and oxygen atoms in total. The number of carbonyl (C=O) groups excluding carboxylic acids is 1. The quantitative estimate of drug-likeness (QED) is 0.394. The summed E-state index contributed by atoms with van der Waals surface area (Å²) in [7, 11) is 0. The highest BCUT2D eigenvalue weighted by atomic mass is 19.4. The number of aromatic nitrogens is 2. The summed E-state index contributed by atoms with van der Waals surface area (Å²) in [6.45, 7) is 5.80. The van der Waals surface area contributed by atoms with Crippen LogP contribution in [0.15, 0.2) is 42.7 Å². The lowest BCUT2D eigenvalue weighted by atomic mass is 10.1. The van der Waals surface area contributed by atoms with E-state index in [4.69, 9.17) is 14.6 Å². The maximum absolute atomic E-state index is 13.6. The number of aliphatic hydroxyl groups excluding tert-OH is 1. The number of hydrogen-bond donors (Lipinski definition) is 3. The fourth-order valence-corrected chi connectivity index (χ4v) is 3.60. The van der Waals surface area contributed by atoms with Crippen molar-refractivity contribution in [1.82, 2.24) is 9.97 Å². The number of ether oxygens (including phenoxy) is 2. The van der Waals surface area contributed by atoms with Crippen LogP contribution >= 0.6 is 0 Å². The Labute approximate surface area is 217 Å². The van der Waals surface area contributed by atoms with Crippen molar-refractivity contribution in [3.8, 4) is 29.2 Å². The van der Waals surface area contributed by atoms with Crippen LogP contribution in [-0.2, 0) is 6.18 Å². The second-order valence-electron chi connectivity index (χ2n) is 9.22. The summed E-state index contributed by atoms with van der Waals surface area (Å²) in [5.74, 6) is 5.55. The summed E-state index contributed by atoms with van der Waals surface area (Å²) in [5, 5.41) is 14.6. The van der Waals surface area contributed by atoms with E-state index in [1.54, 1.807) is 13.0 Å². The number of nitrogens with zero attached hydrogens (tertiary/aromatic N) is 2. The van der Waals surface area contributed by atoms with E-state index in [-0.39, 0.29) is 41.3 Å². The van der Waals surface area contributed by atoms with Crippen molar-refractivity contribution in [1.29, 1.82) is 0 Å². The van der Waals surface area contributed by atoms with Crippen LogP contribution in [0.2, 0.25) is 0 Å². The number of halogens is 3. The Bertz CT molecular complexity index is 1430. The molecule has 11 heteroatoms. The van der Waals surface area contributed by atoms with Gasteiger partial charge in [-0.05, 0) is 56.7 Å². The number of amides is 1. The molecule has 0 spiro atoms. The van der Waals surface area contributed by atoms with E-state index in [9.17, 15) is 18.0 Å². The Kier molecular flexibility index (Phi) is 7.46. The standard InChI is InChI=1S/C27H25F3N4O4/c1-16-7-8-18(12-21(16)38-25-22-23(31-15-32-25)34-26(2,3)14-37-22)24(36)33-19-10-9-17(6-4-5-11-35)20(13-19)27(28,29)30/h7-10,12-13,15,35H,5,11,14H2,1-3H3,(H,33,36)(H,31,32,34). The second-order valence-corrected chi connectivity index (χ2v) is 9.22. The molecule has 0 unspecified atom stereocenters. The molecule has 0 bridgehead atoms. The monoisotopic (exact) mass is 526 g/mol. The Morgan fingerprint density at radius 2 is 2.03 bits per heavy atom. The Morgan fingerprint density at radius 3 is 2.76 bits per heavy atom. The minimum atomic E-state index is -4.68. The van der Waals surface area contributed by atoms with Crippen molar-refractivity contribution in [2.75, 3.05) is 23.8 Å². The zero-order valence-corrected chi connectivity index (χ0v) is 20.9. The first kappa shape index (κ1) is 26.8. The normalized spacial score (nSPS) is 13.8. The molecule has 4 rings (SSSR count). The van der Waals surface area contributed by atoms with E-state index >= 15 is 0 Å². The average Bonchev–Trinajstić information content (AvgIpc) is 2.85. The SMILES string of the molecule is Cc1ccc(C(=O)Nc2ccc(C#CCCO)c(C(F)(F)F)c2)cc1Oc1ncnc2c1OCC(C)(C)N2. The van der Waals surface area contributed by atoms with Crippen molar-refractivity contribution < 1.29 is 32.5 Å². The average molecular weight is 527 g/mol. The van der Waals surface area contributed by atoms with Crippen LogP contribution in [0.3, 0.4) is 0 Å². The largest absolute Gasteiger partial charge is 0.483 e. The van der Waals surface area contributed by atoms with Crippen LogP contribution in [0.25, 0.3) is 0 Å². The summed E-state index contributed by atoms with van der Waals surface area (Å²) in [6.07, 6.45) is -3.31. The molecular weight excluding hydrogens is 501 g/mol. The van der Waals surface area contributed by atoms with Gasteiger partial charge >= 0.3 is 6.18 Å². The van der Waals surface area contributed by atoms with Crippen LogP contribution in [0.5, 0.6) is 17.4 Å². The maximum atomic E-state index is 13.6. The first-order valence-corrected chi connectivity index (χ1v) is 11.6. The van der Waals surface area contributed by atoms with Gasteiger partial charge in [-0.2, -0.15) is 18.2 Å². The van der Waals surface area contributed by atoms with Gasteiger partial charge in [-0.25, -0.2) is 4.98 Å². The molecule has 0 aliphatic carbocycles. The third-order valence-electron chi connectivity index (χ3n) is 5.50. The molecule has 1 amide bonds. The number of rotatable bonds is 5. The lowest BCUT2D eigenvalue weighted by Crippen LogP contribution is -2.41. The van der Waals surface area contributed by atoms with Gasteiger partial charge in [0.05, 0.1) is 17.7 Å². The number of carbonyl (C=O) groups is 1. The fraction of sp³-hybridized carbons (Fsp3) is 0.296. The van der Waals surface area contributed by atoms with Gasteiger partial charge in [0.2, 0.25) is 5.75 Å². The van der Waals surface area contributed by atoms with E-state index in [1.165, 1.54) is 30.6 Å². The molecule has 0 fully saturated rings. The minimum absolute atomic E-state index is 0.0477. The van der Waals surface area contributed by atoms with Crippen molar-refractivity contribution in [2.24, 2.45) is 0 Å². The molecule has 2 aromatic carbocycles. The molecular formula is C27H25F3N4O4. The van der Waals surface area contributed by atoms with Gasteiger partial charge in [0.15, 0.2) is 5.82 Å². The van der Waals surface area contributed by atoms with Gasteiger partial charge in [-0.15, -0.1) is 0 Å².